The lowest BCUT2D eigenvalue weighted by Gasteiger charge is -2.23. The molecule has 2 heteroatoms. The molecular weight excluding hydrogens is 172 g/mol. The van der Waals surface area contributed by atoms with Crippen LogP contribution in [0.15, 0.2) is 18.5 Å². The number of aromatic amines is 1. The topological polar surface area (TPSA) is 27.8 Å². The third-order valence-electron chi connectivity index (χ3n) is 2.73. The maximum atomic E-state index is 3.44. The molecule has 0 atom stereocenters. The summed E-state index contributed by atoms with van der Waals surface area (Å²) in [6, 6.07) is 2.17. The molecule has 0 fully saturated rings. The van der Waals surface area contributed by atoms with E-state index < -0.39 is 0 Å². The summed E-state index contributed by atoms with van der Waals surface area (Å²) < 4.78 is 0. The predicted molar refractivity (Wildman–Crippen MR) is 61.6 cm³/mol. The number of hydrogen-bond donors (Lipinski definition) is 2. The van der Waals surface area contributed by atoms with Gasteiger partial charge in [0.05, 0.1) is 0 Å². The molecule has 0 saturated heterocycles. The summed E-state index contributed by atoms with van der Waals surface area (Å²) >= 11 is 0. The molecular formula is C12H22N2. The van der Waals surface area contributed by atoms with Gasteiger partial charge in [-0.3, -0.25) is 0 Å². The van der Waals surface area contributed by atoms with Crippen LogP contribution in [-0.2, 0) is 5.41 Å². The summed E-state index contributed by atoms with van der Waals surface area (Å²) in [6.07, 6.45) is 6.49. The summed E-state index contributed by atoms with van der Waals surface area (Å²) in [4.78, 5) is 3.12. The van der Waals surface area contributed by atoms with Crippen LogP contribution in [-0.4, -0.2) is 18.1 Å². The van der Waals surface area contributed by atoms with Gasteiger partial charge in [0.2, 0.25) is 0 Å². The van der Waals surface area contributed by atoms with Crippen LogP contribution in [0.3, 0.4) is 0 Å². The molecule has 1 aromatic rings. The highest BCUT2D eigenvalue weighted by Crippen LogP contribution is 2.25. The second kappa shape index (κ2) is 5.20. The van der Waals surface area contributed by atoms with Crippen LogP contribution in [0.25, 0.3) is 0 Å². The third kappa shape index (κ3) is 3.18. The van der Waals surface area contributed by atoms with Gasteiger partial charge in [-0.05, 0) is 43.0 Å². The monoisotopic (exact) mass is 194 g/mol. The van der Waals surface area contributed by atoms with Crippen molar-refractivity contribution in [2.24, 2.45) is 0 Å². The average molecular weight is 194 g/mol. The van der Waals surface area contributed by atoms with Gasteiger partial charge in [-0.1, -0.05) is 20.8 Å². The molecule has 14 heavy (non-hydrogen) atoms. The van der Waals surface area contributed by atoms with Crippen LogP contribution in [0, 0.1) is 0 Å². The van der Waals surface area contributed by atoms with E-state index in [0.717, 1.165) is 13.1 Å². The molecule has 0 amide bonds. The van der Waals surface area contributed by atoms with Crippen molar-refractivity contribution in [1.29, 1.82) is 0 Å². The zero-order valence-corrected chi connectivity index (χ0v) is 9.56. The summed E-state index contributed by atoms with van der Waals surface area (Å²) in [5, 5.41) is 3.44. The Balaban J connectivity index is 2.35. The van der Waals surface area contributed by atoms with Crippen LogP contribution in [0.2, 0.25) is 0 Å². The molecule has 0 bridgehead atoms. The van der Waals surface area contributed by atoms with Crippen molar-refractivity contribution in [3.05, 3.63) is 24.0 Å². The molecule has 0 aliphatic heterocycles. The third-order valence-corrected chi connectivity index (χ3v) is 2.73. The van der Waals surface area contributed by atoms with Crippen molar-refractivity contribution in [2.45, 2.75) is 39.0 Å². The lowest BCUT2D eigenvalue weighted by atomic mass is 9.83. The van der Waals surface area contributed by atoms with Gasteiger partial charge >= 0.3 is 0 Å². The second-order valence-electron chi connectivity index (χ2n) is 4.48. The van der Waals surface area contributed by atoms with Gasteiger partial charge in [0.25, 0.3) is 0 Å². The highest BCUT2D eigenvalue weighted by Gasteiger charge is 2.19. The lowest BCUT2D eigenvalue weighted by Crippen LogP contribution is -2.25. The van der Waals surface area contributed by atoms with Crippen LogP contribution in [0.4, 0.5) is 0 Å². The summed E-state index contributed by atoms with van der Waals surface area (Å²) in [5.41, 5.74) is 1.68. The zero-order valence-electron chi connectivity index (χ0n) is 9.56. The maximum absolute atomic E-state index is 3.44. The van der Waals surface area contributed by atoms with Crippen molar-refractivity contribution in [2.75, 3.05) is 13.1 Å². The van der Waals surface area contributed by atoms with Crippen molar-refractivity contribution in [3.8, 4) is 0 Å². The zero-order chi connectivity index (χ0) is 10.4. The van der Waals surface area contributed by atoms with Crippen molar-refractivity contribution < 1.29 is 0 Å². The second-order valence-corrected chi connectivity index (χ2v) is 4.48. The van der Waals surface area contributed by atoms with Crippen LogP contribution < -0.4 is 5.32 Å². The molecule has 0 spiro atoms. The number of H-pyrrole nitrogens is 1. The van der Waals surface area contributed by atoms with Crippen molar-refractivity contribution in [1.82, 2.24) is 10.3 Å². The number of nitrogens with one attached hydrogen (secondary N) is 2. The fourth-order valence-electron chi connectivity index (χ4n) is 1.59. The first-order chi connectivity index (χ1) is 6.67. The van der Waals surface area contributed by atoms with Crippen molar-refractivity contribution in [3.63, 3.8) is 0 Å². The van der Waals surface area contributed by atoms with E-state index in [1.165, 1.54) is 18.4 Å². The minimum atomic E-state index is 0.279. The molecule has 2 nitrogen and oxygen atoms in total. The molecule has 1 aromatic heterocycles. The number of rotatable bonds is 6. The molecule has 1 rings (SSSR count). The van der Waals surface area contributed by atoms with E-state index in [9.17, 15) is 0 Å². The molecule has 0 unspecified atom stereocenters. The Hall–Kier alpha value is -0.760. The highest BCUT2D eigenvalue weighted by molar-refractivity contribution is 5.19. The highest BCUT2D eigenvalue weighted by atomic mass is 14.8. The van der Waals surface area contributed by atoms with E-state index in [-0.39, 0.29) is 5.41 Å². The molecule has 0 aliphatic carbocycles. The first kappa shape index (κ1) is 11.3. The quantitative estimate of drug-likeness (QED) is 0.669. The molecule has 0 aromatic carbocycles. The Morgan fingerprint density at radius 3 is 2.71 bits per heavy atom. The van der Waals surface area contributed by atoms with Crippen LogP contribution in [0.1, 0.15) is 39.2 Å². The minimum Gasteiger partial charge on any atom is -0.367 e. The van der Waals surface area contributed by atoms with Crippen molar-refractivity contribution >= 4 is 0 Å². The molecule has 80 valence electrons. The predicted octanol–water partition coefficient (Wildman–Crippen LogP) is 2.68. The van der Waals surface area contributed by atoms with E-state index in [2.05, 4.69) is 43.3 Å². The van der Waals surface area contributed by atoms with Gasteiger partial charge in [-0.2, -0.15) is 0 Å². The largest absolute Gasteiger partial charge is 0.367 e. The average Bonchev–Trinajstić information content (AvgIpc) is 2.65. The van der Waals surface area contributed by atoms with Gasteiger partial charge in [-0.15, -0.1) is 0 Å². The van der Waals surface area contributed by atoms with Gasteiger partial charge in [0, 0.05) is 12.4 Å². The summed E-state index contributed by atoms with van der Waals surface area (Å²) in [6.45, 7) is 9.02. The fraction of sp³-hybridized carbons (Fsp3) is 0.667. The van der Waals surface area contributed by atoms with E-state index in [4.69, 9.17) is 0 Å². The summed E-state index contributed by atoms with van der Waals surface area (Å²) in [5.74, 6) is 0. The van der Waals surface area contributed by atoms with Gasteiger partial charge < -0.3 is 10.3 Å². The van der Waals surface area contributed by atoms with Gasteiger partial charge in [-0.25, -0.2) is 0 Å². The first-order valence-corrected chi connectivity index (χ1v) is 5.51. The van der Waals surface area contributed by atoms with E-state index in [0.29, 0.717) is 0 Å². The molecule has 0 saturated carbocycles. The summed E-state index contributed by atoms with van der Waals surface area (Å²) in [7, 11) is 0. The molecule has 0 aliphatic rings. The fourth-order valence-corrected chi connectivity index (χ4v) is 1.59. The first-order valence-electron chi connectivity index (χ1n) is 5.51. The number of aromatic nitrogens is 1. The minimum absolute atomic E-state index is 0.279. The Bertz CT molecular complexity index is 237. The molecule has 1 heterocycles. The Morgan fingerprint density at radius 2 is 2.14 bits per heavy atom. The standard InChI is InChI=1S/C12H22N2/c1-4-7-13-9-6-12(2,3)11-5-8-14-10-11/h5,8,10,13-14H,4,6-7,9H2,1-3H3. The van der Waals surface area contributed by atoms with Crippen LogP contribution in [0.5, 0.6) is 0 Å². The van der Waals surface area contributed by atoms with Crippen LogP contribution >= 0.6 is 0 Å². The Morgan fingerprint density at radius 1 is 1.36 bits per heavy atom. The number of hydrogen-bond acceptors (Lipinski definition) is 1. The Kier molecular flexibility index (Phi) is 4.21. The van der Waals surface area contributed by atoms with E-state index in [1.807, 2.05) is 6.20 Å². The van der Waals surface area contributed by atoms with Gasteiger partial charge in [0.15, 0.2) is 0 Å². The van der Waals surface area contributed by atoms with E-state index in [1.54, 1.807) is 0 Å². The molecule has 0 radical (unpaired) electrons. The maximum Gasteiger partial charge on any atom is 0.00428 e. The lowest BCUT2D eigenvalue weighted by molar-refractivity contribution is 0.457. The van der Waals surface area contributed by atoms with E-state index >= 15 is 0 Å². The van der Waals surface area contributed by atoms with Gasteiger partial charge in [0.1, 0.15) is 0 Å². The SMILES string of the molecule is CCCNCCC(C)(C)c1cc[nH]c1. The Labute approximate surface area is 87.1 Å². The normalized spacial score (nSPS) is 11.9. The smallest absolute Gasteiger partial charge is 0.00428 e. The molecule has 2 N–H and O–H groups in total.